The number of nitrogens with zero attached hydrogens (tertiary/aromatic N) is 1. The molecule has 2 aromatic rings. The topological polar surface area (TPSA) is 42.0 Å². The van der Waals surface area contributed by atoms with Gasteiger partial charge in [-0.05, 0) is 36.8 Å². The first kappa shape index (κ1) is 12.7. The molecular formula is C13H10BrFN2O. The van der Waals surface area contributed by atoms with Crippen molar-refractivity contribution in [1.29, 1.82) is 0 Å². The van der Waals surface area contributed by atoms with Gasteiger partial charge in [0.05, 0.1) is 6.20 Å². The van der Waals surface area contributed by atoms with Gasteiger partial charge in [-0.15, -0.1) is 0 Å². The van der Waals surface area contributed by atoms with Crippen LogP contribution in [0.3, 0.4) is 0 Å². The van der Waals surface area contributed by atoms with Crippen LogP contribution in [0.4, 0.5) is 10.1 Å². The molecule has 1 N–H and O–H groups in total. The van der Waals surface area contributed by atoms with E-state index in [4.69, 9.17) is 0 Å². The molecule has 0 fully saturated rings. The minimum Gasteiger partial charge on any atom is -0.320 e. The van der Waals surface area contributed by atoms with Crippen LogP contribution >= 0.6 is 15.9 Å². The fraction of sp³-hybridized carbons (Fsp3) is 0.0769. The number of pyridine rings is 1. The maximum atomic E-state index is 12.7. The summed E-state index contributed by atoms with van der Waals surface area (Å²) in [6.45, 7) is 1.89. The van der Waals surface area contributed by atoms with Crippen molar-refractivity contribution in [2.75, 3.05) is 5.32 Å². The minimum atomic E-state index is -0.467. The lowest BCUT2D eigenvalue weighted by Crippen LogP contribution is -2.14. The molecule has 5 heteroatoms. The van der Waals surface area contributed by atoms with Crippen LogP contribution in [0.15, 0.2) is 41.0 Å². The lowest BCUT2D eigenvalue weighted by molar-refractivity contribution is 0.102. The lowest BCUT2D eigenvalue weighted by Gasteiger charge is -2.09. The molecule has 0 aliphatic rings. The van der Waals surface area contributed by atoms with Crippen LogP contribution in [-0.2, 0) is 0 Å². The summed E-state index contributed by atoms with van der Waals surface area (Å²) >= 11 is 3.39. The zero-order chi connectivity index (χ0) is 13.1. The first-order valence-electron chi connectivity index (χ1n) is 5.26. The van der Waals surface area contributed by atoms with E-state index in [1.807, 2.05) is 19.1 Å². The number of hydrogen-bond donors (Lipinski definition) is 1. The fourth-order valence-electron chi connectivity index (χ4n) is 1.44. The Kier molecular flexibility index (Phi) is 3.72. The minimum absolute atomic E-state index is 0.177. The van der Waals surface area contributed by atoms with E-state index in [2.05, 4.69) is 26.2 Å². The summed E-state index contributed by atoms with van der Waals surface area (Å²) in [4.78, 5) is 15.6. The van der Waals surface area contributed by atoms with E-state index < -0.39 is 5.82 Å². The van der Waals surface area contributed by atoms with Crippen LogP contribution in [0.1, 0.15) is 16.1 Å². The molecule has 1 aromatic carbocycles. The first-order chi connectivity index (χ1) is 8.58. The van der Waals surface area contributed by atoms with Gasteiger partial charge in [0.25, 0.3) is 5.91 Å². The molecule has 0 saturated heterocycles. The Morgan fingerprint density at radius 1 is 1.33 bits per heavy atom. The summed E-state index contributed by atoms with van der Waals surface area (Å²) in [5, 5.41) is 2.73. The predicted molar refractivity (Wildman–Crippen MR) is 71.0 cm³/mol. The average molecular weight is 309 g/mol. The van der Waals surface area contributed by atoms with Crippen molar-refractivity contribution in [2.24, 2.45) is 0 Å². The zero-order valence-corrected chi connectivity index (χ0v) is 11.2. The van der Waals surface area contributed by atoms with Crippen LogP contribution in [0.5, 0.6) is 0 Å². The summed E-state index contributed by atoms with van der Waals surface area (Å²) in [5.41, 5.74) is 1.80. The number of rotatable bonds is 2. The largest absolute Gasteiger partial charge is 0.320 e. The monoisotopic (exact) mass is 308 g/mol. The van der Waals surface area contributed by atoms with Gasteiger partial charge >= 0.3 is 0 Å². The van der Waals surface area contributed by atoms with E-state index in [1.54, 1.807) is 6.07 Å². The highest BCUT2D eigenvalue weighted by Gasteiger charge is 2.10. The number of carbonyl (C=O) groups excluding carboxylic acids is 1. The van der Waals surface area contributed by atoms with Gasteiger partial charge in [0.1, 0.15) is 11.5 Å². The Labute approximate surface area is 112 Å². The highest BCUT2D eigenvalue weighted by molar-refractivity contribution is 9.10. The van der Waals surface area contributed by atoms with E-state index in [-0.39, 0.29) is 11.6 Å². The van der Waals surface area contributed by atoms with Crippen LogP contribution in [0.2, 0.25) is 0 Å². The van der Waals surface area contributed by atoms with Crippen molar-refractivity contribution in [2.45, 2.75) is 6.92 Å². The number of aromatic nitrogens is 1. The second-order valence-corrected chi connectivity index (χ2v) is 4.58. The molecule has 0 aliphatic carbocycles. The molecule has 1 aromatic heterocycles. The molecule has 0 bridgehead atoms. The average Bonchev–Trinajstić information content (AvgIpc) is 2.36. The molecular weight excluding hydrogens is 299 g/mol. The molecule has 92 valence electrons. The summed E-state index contributed by atoms with van der Waals surface area (Å²) in [5.74, 6) is -0.832. The molecule has 2 rings (SSSR count). The van der Waals surface area contributed by atoms with Crippen LogP contribution < -0.4 is 5.32 Å². The van der Waals surface area contributed by atoms with Crippen LogP contribution in [0, 0.1) is 12.7 Å². The Balaban J connectivity index is 2.21. The molecule has 0 aliphatic heterocycles. The second-order valence-electron chi connectivity index (χ2n) is 3.73. The second kappa shape index (κ2) is 5.27. The molecule has 3 nitrogen and oxygen atoms in total. The Morgan fingerprint density at radius 3 is 2.78 bits per heavy atom. The van der Waals surface area contributed by atoms with Crippen molar-refractivity contribution >= 4 is 27.5 Å². The highest BCUT2D eigenvalue weighted by atomic mass is 79.9. The van der Waals surface area contributed by atoms with Crippen molar-refractivity contribution in [3.8, 4) is 0 Å². The van der Waals surface area contributed by atoms with E-state index in [0.29, 0.717) is 5.69 Å². The van der Waals surface area contributed by atoms with Gasteiger partial charge in [-0.25, -0.2) is 9.37 Å². The molecule has 1 amide bonds. The molecule has 18 heavy (non-hydrogen) atoms. The number of carbonyl (C=O) groups is 1. The molecule has 0 unspecified atom stereocenters. The van der Waals surface area contributed by atoms with Crippen molar-refractivity contribution in [3.05, 3.63) is 58.1 Å². The van der Waals surface area contributed by atoms with Gasteiger partial charge in [-0.3, -0.25) is 4.79 Å². The number of halogens is 2. The maximum absolute atomic E-state index is 12.7. The Morgan fingerprint density at radius 2 is 2.11 bits per heavy atom. The van der Waals surface area contributed by atoms with Gasteiger partial charge in [0.2, 0.25) is 0 Å². The molecule has 0 saturated carbocycles. The summed E-state index contributed by atoms with van der Waals surface area (Å²) in [6.07, 6.45) is 1.02. The third-order valence-corrected chi connectivity index (χ3v) is 3.34. The van der Waals surface area contributed by atoms with Gasteiger partial charge < -0.3 is 5.32 Å². The van der Waals surface area contributed by atoms with E-state index in [0.717, 1.165) is 16.2 Å². The van der Waals surface area contributed by atoms with Gasteiger partial charge in [-0.1, -0.05) is 22.0 Å². The Bertz CT molecular complexity index is 584. The standard InChI is InChI=1S/C13H10BrFN2O/c1-8-10(14)3-2-4-11(8)17-13(18)12-6-5-9(15)7-16-12/h2-7H,1H3,(H,17,18). The van der Waals surface area contributed by atoms with Crippen molar-refractivity contribution < 1.29 is 9.18 Å². The molecule has 0 radical (unpaired) electrons. The number of amides is 1. The van der Waals surface area contributed by atoms with Gasteiger partial charge in [0.15, 0.2) is 0 Å². The highest BCUT2D eigenvalue weighted by Crippen LogP contribution is 2.23. The van der Waals surface area contributed by atoms with Crippen LogP contribution in [0.25, 0.3) is 0 Å². The summed E-state index contributed by atoms with van der Waals surface area (Å²) in [6, 6.07) is 8.06. The summed E-state index contributed by atoms with van der Waals surface area (Å²) in [7, 11) is 0. The Hall–Kier alpha value is -1.75. The smallest absolute Gasteiger partial charge is 0.274 e. The fourth-order valence-corrected chi connectivity index (χ4v) is 1.81. The van der Waals surface area contributed by atoms with Crippen LogP contribution in [-0.4, -0.2) is 10.9 Å². The van der Waals surface area contributed by atoms with E-state index in [9.17, 15) is 9.18 Å². The quantitative estimate of drug-likeness (QED) is 0.922. The first-order valence-corrected chi connectivity index (χ1v) is 6.05. The van der Waals surface area contributed by atoms with Gasteiger partial charge in [-0.2, -0.15) is 0 Å². The molecule has 0 spiro atoms. The lowest BCUT2D eigenvalue weighted by atomic mass is 10.2. The third-order valence-electron chi connectivity index (χ3n) is 2.48. The molecule has 1 heterocycles. The maximum Gasteiger partial charge on any atom is 0.274 e. The zero-order valence-electron chi connectivity index (χ0n) is 9.58. The van der Waals surface area contributed by atoms with Gasteiger partial charge in [0, 0.05) is 10.2 Å². The number of hydrogen-bond acceptors (Lipinski definition) is 2. The van der Waals surface area contributed by atoms with E-state index >= 15 is 0 Å². The SMILES string of the molecule is Cc1c(Br)cccc1NC(=O)c1ccc(F)cn1. The third kappa shape index (κ3) is 2.73. The number of nitrogens with one attached hydrogen (secondary N) is 1. The predicted octanol–water partition coefficient (Wildman–Crippen LogP) is 3.54. The summed E-state index contributed by atoms with van der Waals surface area (Å²) < 4.78 is 13.6. The van der Waals surface area contributed by atoms with E-state index in [1.165, 1.54) is 12.1 Å². The van der Waals surface area contributed by atoms with Crippen molar-refractivity contribution in [1.82, 2.24) is 4.98 Å². The van der Waals surface area contributed by atoms with Crippen molar-refractivity contribution in [3.63, 3.8) is 0 Å². The molecule has 0 atom stereocenters. The number of benzene rings is 1. The normalized spacial score (nSPS) is 10.2. The number of anilines is 1.